The number of hydrogen-bond acceptors (Lipinski definition) is 4. The largest absolute Gasteiger partial charge is 0.367 e. The van der Waals surface area contributed by atoms with Crippen LogP contribution in [0, 0.1) is 5.82 Å². The minimum absolute atomic E-state index is 0.160. The first kappa shape index (κ1) is 18.2. The van der Waals surface area contributed by atoms with Gasteiger partial charge in [-0.05, 0) is 42.0 Å². The van der Waals surface area contributed by atoms with E-state index in [1.807, 2.05) is 0 Å². The fourth-order valence-electron chi connectivity index (χ4n) is 2.16. The SMILES string of the molecule is O=C1C(=Cc2ccc(Cl)c(Cl)c2)SC(=S)N1CNc1cccc(F)c1. The van der Waals surface area contributed by atoms with Gasteiger partial charge < -0.3 is 5.32 Å². The predicted molar refractivity (Wildman–Crippen MR) is 106 cm³/mol. The third-order valence-electron chi connectivity index (χ3n) is 3.38. The Labute approximate surface area is 163 Å². The van der Waals surface area contributed by atoms with Gasteiger partial charge in [-0.2, -0.15) is 0 Å². The fraction of sp³-hybridized carbons (Fsp3) is 0.0588. The minimum atomic E-state index is -0.352. The van der Waals surface area contributed by atoms with Crippen molar-refractivity contribution in [3.63, 3.8) is 0 Å². The van der Waals surface area contributed by atoms with E-state index < -0.39 is 0 Å². The number of halogens is 3. The molecule has 0 bridgehead atoms. The molecule has 128 valence electrons. The summed E-state index contributed by atoms with van der Waals surface area (Å²) in [5.41, 5.74) is 1.33. The molecule has 1 amide bonds. The van der Waals surface area contributed by atoms with Crippen molar-refractivity contribution in [2.24, 2.45) is 0 Å². The highest BCUT2D eigenvalue weighted by Gasteiger charge is 2.31. The second kappa shape index (κ2) is 7.74. The average Bonchev–Trinajstić information content (AvgIpc) is 2.83. The molecule has 2 aromatic rings. The van der Waals surface area contributed by atoms with E-state index in [1.165, 1.54) is 28.8 Å². The first-order valence-corrected chi connectivity index (χ1v) is 9.12. The zero-order valence-corrected chi connectivity index (χ0v) is 15.8. The molecule has 3 nitrogen and oxygen atoms in total. The number of carbonyl (C=O) groups is 1. The molecule has 0 unspecified atom stereocenters. The highest BCUT2D eigenvalue weighted by molar-refractivity contribution is 8.26. The van der Waals surface area contributed by atoms with E-state index >= 15 is 0 Å². The molecule has 0 radical (unpaired) electrons. The molecule has 1 heterocycles. The number of amides is 1. The molecule has 1 fully saturated rings. The summed E-state index contributed by atoms with van der Waals surface area (Å²) in [6, 6.07) is 11.1. The van der Waals surface area contributed by atoms with Crippen molar-refractivity contribution < 1.29 is 9.18 Å². The van der Waals surface area contributed by atoms with Gasteiger partial charge in [0.25, 0.3) is 5.91 Å². The number of carbonyl (C=O) groups excluding carboxylic acids is 1. The van der Waals surface area contributed by atoms with Gasteiger partial charge in [-0.15, -0.1) is 0 Å². The van der Waals surface area contributed by atoms with Crippen LogP contribution < -0.4 is 5.32 Å². The summed E-state index contributed by atoms with van der Waals surface area (Å²) >= 11 is 18.4. The van der Waals surface area contributed by atoms with Crippen molar-refractivity contribution in [1.82, 2.24) is 4.90 Å². The van der Waals surface area contributed by atoms with Gasteiger partial charge in [0, 0.05) is 5.69 Å². The predicted octanol–water partition coefficient (Wildman–Crippen LogP) is 5.40. The molecule has 1 aliphatic heterocycles. The molecule has 0 spiro atoms. The molecule has 8 heteroatoms. The van der Waals surface area contributed by atoms with Crippen LogP contribution >= 0.6 is 47.2 Å². The number of thiocarbonyl (C=S) groups is 1. The lowest BCUT2D eigenvalue weighted by Crippen LogP contribution is -2.33. The van der Waals surface area contributed by atoms with Gasteiger partial charge in [0.05, 0.1) is 21.6 Å². The van der Waals surface area contributed by atoms with E-state index in [4.69, 9.17) is 35.4 Å². The molecule has 1 aliphatic rings. The Morgan fingerprint density at radius 1 is 1.20 bits per heavy atom. The van der Waals surface area contributed by atoms with E-state index in [0.717, 1.165) is 5.56 Å². The van der Waals surface area contributed by atoms with Crippen LogP contribution in [0.4, 0.5) is 10.1 Å². The Bertz CT molecular complexity index is 889. The maximum Gasteiger partial charge on any atom is 0.267 e. The van der Waals surface area contributed by atoms with Crippen molar-refractivity contribution in [3.8, 4) is 0 Å². The fourth-order valence-corrected chi connectivity index (χ4v) is 3.72. The van der Waals surface area contributed by atoms with Crippen molar-refractivity contribution in [2.75, 3.05) is 12.0 Å². The van der Waals surface area contributed by atoms with Crippen molar-refractivity contribution in [2.45, 2.75) is 0 Å². The third kappa shape index (κ3) is 4.33. The average molecular weight is 413 g/mol. The van der Waals surface area contributed by atoms with Crippen molar-refractivity contribution >= 4 is 69.2 Å². The van der Waals surface area contributed by atoms with Crippen LogP contribution in [0.5, 0.6) is 0 Å². The Morgan fingerprint density at radius 2 is 2.00 bits per heavy atom. The molecule has 2 aromatic carbocycles. The van der Waals surface area contributed by atoms with Gasteiger partial charge in [0.2, 0.25) is 0 Å². The van der Waals surface area contributed by atoms with Crippen LogP contribution in [0.25, 0.3) is 6.08 Å². The second-order valence-electron chi connectivity index (χ2n) is 5.13. The lowest BCUT2D eigenvalue weighted by Gasteiger charge is -2.16. The highest BCUT2D eigenvalue weighted by atomic mass is 35.5. The van der Waals surface area contributed by atoms with E-state index in [0.29, 0.717) is 25.0 Å². The first-order valence-electron chi connectivity index (χ1n) is 7.14. The highest BCUT2D eigenvalue weighted by Crippen LogP contribution is 2.33. The molecule has 3 rings (SSSR count). The summed E-state index contributed by atoms with van der Waals surface area (Å²) in [7, 11) is 0. The summed E-state index contributed by atoms with van der Waals surface area (Å²) < 4.78 is 13.6. The number of rotatable bonds is 4. The molecule has 0 saturated carbocycles. The lowest BCUT2D eigenvalue weighted by molar-refractivity contribution is -0.121. The standard InChI is InChI=1S/C17H11Cl2FN2OS2/c18-13-5-4-10(6-14(13)19)7-15-16(23)22(17(24)25-15)9-21-12-3-1-2-11(20)8-12/h1-8,21H,9H2. The van der Waals surface area contributed by atoms with Crippen molar-refractivity contribution in [1.29, 1.82) is 0 Å². The van der Waals surface area contributed by atoms with Crippen LogP contribution in [-0.4, -0.2) is 21.8 Å². The molecule has 1 N–H and O–H groups in total. The quantitative estimate of drug-likeness (QED) is 0.537. The topological polar surface area (TPSA) is 32.3 Å². The normalized spacial score (nSPS) is 16.0. The summed E-state index contributed by atoms with van der Waals surface area (Å²) in [6.45, 7) is 0.160. The van der Waals surface area contributed by atoms with Crippen LogP contribution in [0.15, 0.2) is 47.4 Å². The van der Waals surface area contributed by atoms with Gasteiger partial charge in [-0.3, -0.25) is 9.69 Å². The van der Waals surface area contributed by atoms with Crippen LogP contribution in [0.2, 0.25) is 10.0 Å². The number of thioether (sulfide) groups is 1. The molecule has 1 saturated heterocycles. The van der Waals surface area contributed by atoms with Gasteiger partial charge in [0.15, 0.2) is 0 Å². The van der Waals surface area contributed by atoms with Gasteiger partial charge in [-0.25, -0.2) is 4.39 Å². The smallest absolute Gasteiger partial charge is 0.267 e. The Morgan fingerprint density at radius 3 is 2.72 bits per heavy atom. The number of hydrogen-bond donors (Lipinski definition) is 1. The van der Waals surface area contributed by atoms with E-state index in [9.17, 15) is 9.18 Å². The maximum atomic E-state index is 13.2. The molecular weight excluding hydrogens is 402 g/mol. The van der Waals surface area contributed by atoms with Crippen LogP contribution in [0.1, 0.15) is 5.56 Å². The summed E-state index contributed by atoms with van der Waals surface area (Å²) in [6.07, 6.45) is 1.71. The lowest BCUT2D eigenvalue weighted by atomic mass is 10.2. The van der Waals surface area contributed by atoms with E-state index in [-0.39, 0.29) is 18.4 Å². The van der Waals surface area contributed by atoms with Gasteiger partial charge in [0.1, 0.15) is 10.1 Å². The third-order valence-corrected chi connectivity index (χ3v) is 5.50. The second-order valence-corrected chi connectivity index (χ2v) is 7.62. The number of nitrogens with zero attached hydrogens (tertiary/aromatic N) is 1. The molecular formula is C17H11Cl2FN2OS2. The summed E-state index contributed by atoms with van der Waals surface area (Å²) in [5, 5.41) is 3.85. The maximum absolute atomic E-state index is 13.2. The van der Waals surface area contributed by atoms with E-state index in [1.54, 1.807) is 36.4 Å². The summed E-state index contributed by atoms with van der Waals surface area (Å²) in [4.78, 5) is 14.5. The van der Waals surface area contributed by atoms with Crippen molar-refractivity contribution in [3.05, 3.63) is 68.8 Å². The summed E-state index contributed by atoms with van der Waals surface area (Å²) in [5.74, 6) is -0.570. The number of anilines is 1. The Balaban J connectivity index is 1.73. The zero-order chi connectivity index (χ0) is 18.0. The zero-order valence-electron chi connectivity index (χ0n) is 12.6. The Hall–Kier alpha value is -1.60. The first-order chi connectivity index (χ1) is 11.9. The molecule has 25 heavy (non-hydrogen) atoms. The molecule has 0 aliphatic carbocycles. The van der Waals surface area contributed by atoms with E-state index in [2.05, 4.69) is 5.32 Å². The molecule has 0 aromatic heterocycles. The van der Waals surface area contributed by atoms with Gasteiger partial charge in [-0.1, -0.05) is 59.3 Å². The number of benzene rings is 2. The monoisotopic (exact) mass is 412 g/mol. The van der Waals surface area contributed by atoms with Gasteiger partial charge >= 0.3 is 0 Å². The molecule has 0 atom stereocenters. The van der Waals surface area contributed by atoms with Crippen LogP contribution in [0.3, 0.4) is 0 Å². The number of nitrogens with one attached hydrogen (secondary N) is 1. The minimum Gasteiger partial charge on any atom is -0.367 e. The Kier molecular flexibility index (Phi) is 5.64. The van der Waals surface area contributed by atoms with Crippen LogP contribution in [-0.2, 0) is 4.79 Å².